The number of nitrogens with one attached hydrogen (secondary N) is 1. The minimum absolute atomic E-state index is 0.300. The van der Waals surface area contributed by atoms with Crippen LogP contribution in [-0.4, -0.2) is 23.6 Å². The van der Waals surface area contributed by atoms with Gasteiger partial charge in [0.15, 0.2) is 12.4 Å². The number of rotatable bonds is 5. The molecule has 21 heavy (non-hydrogen) atoms. The fourth-order valence-corrected chi connectivity index (χ4v) is 2.79. The van der Waals surface area contributed by atoms with Crippen molar-refractivity contribution in [3.8, 4) is 0 Å². The van der Waals surface area contributed by atoms with Gasteiger partial charge in [-0.3, -0.25) is 4.79 Å². The van der Waals surface area contributed by atoms with Crippen LogP contribution in [0.15, 0.2) is 16.7 Å². The van der Waals surface area contributed by atoms with Crippen molar-refractivity contribution in [1.29, 1.82) is 0 Å². The second-order valence-electron chi connectivity index (χ2n) is 4.49. The first-order valence-corrected chi connectivity index (χ1v) is 7.31. The Morgan fingerprint density at radius 2 is 2.14 bits per heavy atom. The van der Waals surface area contributed by atoms with Gasteiger partial charge in [-0.05, 0) is 31.9 Å². The maximum Gasteiger partial charge on any atom is 0.348 e. The molecule has 0 saturated carbocycles. The molecule has 0 spiro atoms. The number of ether oxygens (including phenoxy) is 1. The van der Waals surface area contributed by atoms with Crippen molar-refractivity contribution >= 4 is 29.0 Å². The first-order chi connectivity index (χ1) is 9.99. The molecule has 0 aliphatic heterocycles. The molecule has 0 aromatic carbocycles. The van der Waals surface area contributed by atoms with Gasteiger partial charge in [0.2, 0.25) is 0 Å². The number of nitrogens with zero attached hydrogens (tertiary/aromatic N) is 1. The molecule has 1 amide bonds. The lowest BCUT2D eigenvalue weighted by Gasteiger charge is -2.02. The van der Waals surface area contributed by atoms with E-state index in [-0.39, 0.29) is 6.61 Å². The van der Waals surface area contributed by atoms with E-state index in [9.17, 15) is 9.59 Å². The molecule has 2 aromatic rings. The monoisotopic (exact) mass is 308 g/mol. The third kappa shape index (κ3) is 3.91. The van der Waals surface area contributed by atoms with Crippen LogP contribution in [0.5, 0.6) is 0 Å². The van der Waals surface area contributed by atoms with E-state index in [2.05, 4.69) is 10.5 Å². The standard InChI is InChI=1S/C14H16N2O4S/c1-4-10-6-11(21-9(10)3)14(18)19-7-13(17)15-12-5-8(2)20-16-12/h5-6H,4,7H2,1-3H3,(H,15,16,17). The van der Waals surface area contributed by atoms with Crippen molar-refractivity contribution < 1.29 is 18.8 Å². The van der Waals surface area contributed by atoms with Crippen molar-refractivity contribution in [2.45, 2.75) is 27.2 Å². The molecule has 0 bridgehead atoms. The van der Waals surface area contributed by atoms with Gasteiger partial charge in [0, 0.05) is 10.9 Å². The minimum Gasteiger partial charge on any atom is -0.451 e. The fourth-order valence-electron chi connectivity index (χ4n) is 1.78. The zero-order chi connectivity index (χ0) is 15.4. The van der Waals surface area contributed by atoms with Gasteiger partial charge in [0.25, 0.3) is 5.91 Å². The Labute approximate surface area is 126 Å². The summed E-state index contributed by atoms with van der Waals surface area (Å²) in [4.78, 5) is 25.1. The van der Waals surface area contributed by atoms with Gasteiger partial charge in [0.05, 0.1) is 0 Å². The Morgan fingerprint density at radius 1 is 1.38 bits per heavy atom. The van der Waals surface area contributed by atoms with Crippen molar-refractivity contribution in [2.75, 3.05) is 11.9 Å². The van der Waals surface area contributed by atoms with E-state index in [1.54, 1.807) is 19.1 Å². The first-order valence-electron chi connectivity index (χ1n) is 6.49. The first kappa shape index (κ1) is 15.2. The van der Waals surface area contributed by atoms with E-state index in [0.717, 1.165) is 16.9 Å². The molecule has 2 rings (SSSR count). The summed E-state index contributed by atoms with van der Waals surface area (Å²) in [6, 6.07) is 3.39. The van der Waals surface area contributed by atoms with Crippen LogP contribution in [0.2, 0.25) is 0 Å². The largest absolute Gasteiger partial charge is 0.451 e. The van der Waals surface area contributed by atoms with Crippen LogP contribution in [0.3, 0.4) is 0 Å². The fraction of sp³-hybridized carbons (Fsp3) is 0.357. The maximum absolute atomic E-state index is 11.9. The van der Waals surface area contributed by atoms with Crippen LogP contribution < -0.4 is 5.32 Å². The van der Waals surface area contributed by atoms with Crippen molar-refractivity contribution in [1.82, 2.24) is 5.16 Å². The summed E-state index contributed by atoms with van der Waals surface area (Å²) < 4.78 is 9.80. The van der Waals surface area contributed by atoms with E-state index in [4.69, 9.17) is 9.26 Å². The molecule has 2 aromatic heterocycles. The van der Waals surface area contributed by atoms with Crippen LogP contribution in [0.4, 0.5) is 5.82 Å². The Kier molecular flexibility index (Phi) is 4.74. The predicted octanol–water partition coefficient (Wildman–Crippen LogP) is 2.71. The highest BCUT2D eigenvalue weighted by Gasteiger charge is 2.15. The van der Waals surface area contributed by atoms with Gasteiger partial charge >= 0.3 is 5.97 Å². The Balaban J connectivity index is 1.86. The van der Waals surface area contributed by atoms with Gasteiger partial charge in [-0.25, -0.2) is 4.79 Å². The molecule has 0 fully saturated rings. The van der Waals surface area contributed by atoms with Crippen LogP contribution >= 0.6 is 11.3 Å². The lowest BCUT2D eigenvalue weighted by molar-refractivity contribution is -0.119. The third-order valence-electron chi connectivity index (χ3n) is 2.83. The summed E-state index contributed by atoms with van der Waals surface area (Å²) >= 11 is 1.37. The molecule has 112 valence electrons. The third-order valence-corrected chi connectivity index (χ3v) is 3.91. The molecule has 0 aliphatic carbocycles. The molecule has 2 heterocycles. The van der Waals surface area contributed by atoms with E-state index >= 15 is 0 Å². The number of esters is 1. The second kappa shape index (κ2) is 6.53. The molecule has 1 N–H and O–H groups in total. The molecule has 7 heteroatoms. The number of amides is 1. The number of carbonyl (C=O) groups excluding carboxylic acids is 2. The topological polar surface area (TPSA) is 81.4 Å². The molecule has 0 aliphatic rings. The predicted molar refractivity (Wildman–Crippen MR) is 78.6 cm³/mol. The lowest BCUT2D eigenvalue weighted by atomic mass is 10.2. The number of aromatic nitrogens is 1. The maximum atomic E-state index is 11.9. The number of hydrogen-bond donors (Lipinski definition) is 1. The van der Waals surface area contributed by atoms with Crippen molar-refractivity contribution in [3.63, 3.8) is 0 Å². The minimum atomic E-state index is -0.491. The van der Waals surface area contributed by atoms with Crippen LogP contribution in [0.1, 0.15) is 32.8 Å². The zero-order valence-electron chi connectivity index (χ0n) is 12.1. The van der Waals surface area contributed by atoms with Gasteiger partial charge in [0.1, 0.15) is 10.6 Å². The summed E-state index contributed by atoms with van der Waals surface area (Å²) in [5.41, 5.74) is 1.12. The summed E-state index contributed by atoms with van der Waals surface area (Å²) in [5.74, 6) is -0.0628. The van der Waals surface area contributed by atoms with Gasteiger partial charge in [-0.1, -0.05) is 12.1 Å². The SMILES string of the molecule is CCc1cc(C(=O)OCC(=O)Nc2cc(C)on2)sc1C. The number of anilines is 1. The quantitative estimate of drug-likeness (QED) is 0.859. The van der Waals surface area contributed by atoms with Gasteiger partial charge in [-0.15, -0.1) is 11.3 Å². The summed E-state index contributed by atoms with van der Waals surface area (Å²) in [5, 5.41) is 6.10. The molecular formula is C14H16N2O4S. The summed E-state index contributed by atoms with van der Waals surface area (Å²) in [6.07, 6.45) is 0.863. The second-order valence-corrected chi connectivity index (χ2v) is 5.75. The number of hydrogen-bond acceptors (Lipinski definition) is 6. The molecule has 0 unspecified atom stereocenters. The van der Waals surface area contributed by atoms with Crippen molar-refractivity contribution in [2.24, 2.45) is 0 Å². The van der Waals surface area contributed by atoms with E-state index in [1.165, 1.54) is 11.3 Å². The van der Waals surface area contributed by atoms with Crippen LogP contribution in [0.25, 0.3) is 0 Å². The average molecular weight is 308 g/mol. The Morgan fingerprint density at radius 3 is 2.71 bits per heavy atom. The highest BCUT2D eigenvalue weighted by atomic mass is 32.1. The molecule has 6 nitrogen and oxygen atoms in total. The van der Waals surface area contributed by atoms with E-state index < -0.39 is 11.9 Å². The van der Waals surface area contributed by atoms with Crippen LogP contribution in [-0.2, 0) is 16.0 Å². The highest BCUT2D eigenvalue weighted by molar-refractivity contribution is 7.14. The average Bonchev–Trinajstić information content (AvgIpc) is 3.02. The normalized spacial score (nSPS) is 10.4. The Hall–Kier alpha value is -2.15. The smallest absolute Gasteiger partial charge is 0.348 e. The van der Waals surface area contributed by atoms with Gasteiger partial charge in [-0.2, -0.15) is 0 Å². The summed E-state index contributed by atoms with van der Waals surface area (Å²) in [7, 11) is 0. The summed E-state index contributed by atoms with van der Waals surface area (Å²) in [6.45, 7) is 5.34. The van der Waals surface area contributed by atoms with Gasteiger partial charge < -0.3 is 14.6 Å². The zero-order valence-corrected chi connectivity index (χ0v) is 12.9. The lowest BCUT2D eigenvalue weighted by Crippen LogP contribution is -2.20. The van der Waals surface area contributed by atoms with Crippen molar-refractivity contribution in [3.05, 3.63) is 33.2 Å². The highest BCUT2D eigenvalue weighted by Crippen LogP contribution is 2.22. The van der Waals surface area contributed by atoms with E-state index in [1.807, 2.05) is 13.8 Å². The molecule has 0 saturated heterocycles. The Bertz CT molecular complexity index is 660. The molecular weight excluding hydrogens is 292 g/mol. The van der Waals surface area contributed by atoms with E-state index in [0.29, 0.717) is 16.5 Å². The number of thiophene rings is 1. The number of aryl methyl sites for hydroxylation is 3. The molecule has 0 radical (unpaired) electrons. The molecule has 0 atom stereocenters. The van der Waals surface area contributed by atoms with Crippen LogP contribution in [0, 0.1) is 13.8 Å². The number of carbonyl (C=O) groups is 2.